The van der Waals surface area contributed by atoms with E-state index < -0.39 is 42.0 Å². The molecular formula is C23H31N3O5. The van der Waals surface area contributed by atoms with Crippen LogP contribution in [0.5, 0.6) is 0 Å². The number of fused-ring (bicyclic) bond motifs is 1. The Bertz CT molecular complexity index is 897. The third kappa shape index (κ3) is 5.24. The second kappa shape index (κ2) is 9.08. The zero-order valence-corrected chi connectivity index (χ0v) is 18.6. The molecule has 1 aliphatic carbocycles. The molecule has 0 aromatic heterocycles. The molecule has 2 atom stereocenters. The maximum absolute atomic E-state index is 12.7. The maximum atomic E-state index is 12.7. The van der Waals surface area contributed by atoms with Crippen LogP contribution in [0.15, 0.2) is 18.2 Å². The van der Waals surface area contributed by atoms with E-state index >= 15 is 0 Å². The van der Waals surface area contributed by atoms with Crippen LogP contribution < -0.4 is 10.6 Å². The number of rotatable bonds is 8. The van der Waals surface area contributed by atoms with Crippen LogP contribution in [0, 0.1) is 5.92 Å². The Morgan fingerprint density at radius 1 is 1.19 bits per heavy atom. The van der Waals surface area contributed by atoms with Crippen LogP contribution in [0.4, 0.5) is 10.5 Å². The SMILES string of the molecule is CC(C)CC[C@]1(C)NC(=O)N(CC(=O)O[C@@H](C)C(=O)Nc2ccc3c(c2)CCC3)C1=O. The molecule has 1 aromatic carbocycles. The highest BCUT2D eigenvalue weighted by molar-refractivity contribution is 6.08. The van der Waals surface area contributed by atoms with Crippen molar-refractivity contribution in [2.24, 2.45) is 5.92 Å². The maximum Gasteiger partial charge on any atom is 0.327 e. The van der Waals surface area contributed by atoms with Gasteiger partial charge in [-0.2, -0.15) is 0 Å². The van der Waals surface area contributed by atoms with Gasteiger partial charge in [-0.1, -0.05) is 19.9 Å². The van der Waals surface area contributed by atoms with Crippen molar-refractivity contribution in [2.45, 2.75) is 71.4 Å². The van der Waals surface area contributed by atoms with Gasteiger partial charge in [-0.3, -0.25) is 19.3 Å². The summed E-state index contributed by atoms with van der Waals surface area (Å²) < 4.78 is 5.18. The highest BCUT2D eigenvalue weighted by atomic mass is 16.5. The minimum Gasteiger partial charge on any atom is -0.451 e. The normalized spacial score (nSPS) is 21.1. The number of ether oxygens (including phenoxy) is 1. The molecule has 1 fully saturated rings. The van der Waals surface area contributed by atoms with Crippen LogP contribution >= 0.6 is 0 Å². The summed E-state index contributed by atoms with van der Waals surface area (Å²) in [5.41, 5.74) is 2.15. The average Bonchev–Trinajstić information content (AvgIpc) is 3.24. The van der Waals surface area contributed by atoms with Crippen molar-refractivity contribution in [1.82, 2.24) is 10.2 Å². The van der Waals surface area contributed by atoms with Crippen LogP contribution in [-0.4, -0.2) is 46.9 Å². The number of urea groups is 1. The number of carbonyl (C=O) groups is 4. The molecule has 8 nitrogen and oxygen atoms in total. The molecule has 2 N–H and O–H groups in total. The molecule has 2 aliphatic rings. The van der Waals surface area contributed by atoms with E-state index in [2.05, 4.69) is 10.6 Å². The zero-order valence-electron chi connectivity index (χ0n) is 18.6. The van der Waals surface area contributed by atoms with E-state index in [1.807, 2.05) is 32.0 Å². The van der Waals surface area contributed by atoms with Gasteiger partial charge in [0.05, 0.1) is 0 Å². The minimum absolute atomic E-state index is 0.380. The Morgan fingerprint density at radius 2 is 1.90 bits per heavy atom. The second-order valence-corrected chi connectivity index (χ2v) is 9.04. The lowest BCUT2D eigenvalue weighted by Gasteiger charge is -2.22. The van der Waals surface area contributed by atoms with Gasteiger partial charge in [0.25, 0.3) is 11.8 Å². The summed E-state index contributed by atoms with van der Waals surface area (Å²) in [4.78, 5) is 50.5. The molecule has 0 spiro atoms. The number of anilines is 1. The van der Waals surface area contributed by atoms with Gasteiger partial charge >= 0.3 is 12.0 Å². The number of nitrogens with one attached hydrogen (secondary N) is 2. The fourth-order valence-electron chi connectivity index (χ4n) is 3.95. The molecule has 8 heteroatoms. The van der Waals surface area contributed by atoms with Gasteiger partial charge in [0.1, 0.15) is 12.1 Å². The highest BCUT2D eigenvalue weighted by Crippen LogP contribution is 2.26. The fraction of sp³-hybridized carbons (Fsp3) is 0.565. The summed E-state index contributed by atoms with van der Waals surface area (Å²) in [7, 11) is 0. The van der Waals surface area contributed by atoms with Crippen LogP contribution in [0.3, 0.4) is 0 Å². The first-order valence-electron chi connectivity index (χ1n) is 10.9. The number of amides is 4. The molecule has 4 amide bonds. The third-order valence-electron chi connectivity index (χ3n) is 5.90. The van der Waals surface area contributed by atoms with Gasteiger partial charge in [-0.15, -0.1) is 0 Å². The second-order valence-electron chi connectivity index (χ2n) is 9.04. The smallest absolute Gasteiger partial charge is 0.327 e. The molecule has 1 heterocycles. The topological polar surface area (TPSA) is 105 Å². The van der Waals surface area contributed by atoms with Crippen LogP contribution in [0.25, 0.3) is 0 Å². The van der Waals surface area contributed by atoms with Crippen molar-refractivity contribution in [3.8, 4) is 0 Å². The highest BCUT2D eigenvalue weighted by Gasteiger charge is 2.48. The van der Waals surface area contributed by atoms with E-state index in [9.17, 15) is 19.2 Å². The zero-order chi connectivity index (χ0) is 22.8. The summed E-state index contributed by atoms with van der Waals surface area (Å²) in [6.07, 6.45) is 3.35. The molecule has 168 valence electrons. The predicted octanol–water partition coefficient (Wildman–Crippen LogP) is 2.79. The number of aryl methyl sites for hydroxylation is 2. The number of nitrogens with zero attached hydrogens (tertiary/aromatic N) is 1. The summed E-state index contributed by atoms with van der Waals surface area (Å²) >= 11 is 0. The Labute approximate surface area is 182 Å². The van der Waals surface area contributed by atoms with Crippen LogP contribution in [-0.2, 0) is 32.0 Å². The molecule has 0 unspecified atom stereocenters. The summed E-state index contributed by atoms with van der Waals surface area (Å²) in [6.45, 7) is 6.66. The Hall–Kier alpha value is -2.90. The van der Waals surface area contributed by atoms with E-state index in [1.165, 1.54) is 18.1 Å². The van der Waals surface area contributed by atoms with Crippen molar-refractivity contribution >= 4 is 29.5 Å². The quantitative estimate of drug-likeness (QED) is 0.488. The van der Waals surface area contributed by atoms with Gasteiger partial charge < -0.3 is 15.4 Å². The van der Waals surface area contributed by atoms with Crippen molar-refractivity contribution in [2.75, 3.05) is 11.9 Å². The molecule has 1 aliphatic heterocycles. The predicted molar refractivity (Wildman–Crippen MR) is 115 cm³/mol. The van der Waals surface area contributed by atoms with Gasteiger partial charge in [0.2, 0.25) is 0 Å². The first kappa shape index (κ1) is 22.8. The van der Waals surface area contributed by atoms with E-state index in [-0.39, 0.29) is 0 Å². The largest absolute Gasteiger partial charge is 0.451 e. The number of hydrogen-bond acceptors (Lipinski definition) is 5. The van der Waals surface area contributed by atoms with E-state index in [1.54, 1.807) is 6.92 Å². The number of imide groups is 1. The van der Waals surface area contributed by atoms with Crippen LogP contribution in [0.1, 0.15) is 58.1 Å². The van der Waals surface area contributed by atoms with Gasteiger partial charge in [0, 0.05) is 5.69 Å². The van der Waals surface area contributed by atoms with E-state index in [0.29, 0.717) is 18.0 Å². The standard InChI is InChI=1S/C23H31N3O5/c1-14(2)10-11-23(4)21(29)26(22(30)25-23)13-19(27)31-15(3)20(28)24-18-9-8-16-6-5-7-17(16)12-18/h8-9,12,14-15H,5-7,10-11,13H2,1-4H3,(H,24,28)(H,25,30)/t15-,23-/m0/s1. The van der Waals surface area contributed by atoms with Crippen molar-refractivity contribution in [1.29, 1.82) is 0 Å². The lowest BCUT2D eigenvalue weighted by atomic mass is 9.92. The van der Waals surface area contributed by atoms with E-state index in [4.69, 9.17) is 4.74 Å². The molecule has 1 aromatic rings. The first-order valence-corrected chi connectivity index (χ1v) is 10.9. The Balaban J connectivity index is 1.53. The van der Waals surface area contributed by atoms with Gasteiger partial charge in [0.15, 0.2) is 6.10 Å². The summed E-state index contributed by atoms with van der Waals surface area (Å²) in [5, 5.41) is 5.42. The molecule has 3 rings (SSSR count). The first-order chi connectivity index (χ1) is 14.6. The Morgan fingerprint density at radius 3 is 2.61 bits per heavy atom. The number of benzene rings is 1. The number of hydrogen-bond donors (Lipinski definition) is 2. The monoisotopic (exact) mass is 429 g/mol. The Kier molecular flexibility index (Phi) is 6.67. The average molecular weight is 430 g/mol. The van der Waals surface area contributed by atoms with Gasteiger partial charge in [-0.25, -0.2) is 4.79 Å². The fourth-order valence-corrected chi connectivity index (χ4v) is 3.95. The molecule has 0 bridgehead atoms. The van der Waals surface area contributed by atoms with Crippen molar-refractivity contribution in [3.63, 3.8) is 0 Å². The summed E-state index contributed by atoms with van der Waals surface area (Å²) in [5.74, 6) is -1.35. The van der Waals surface area contributed by atoms with Crippen LogP contribution in [0.2, 0.25) is 0 Å². The minimum atomic E-state index is -1.06. The summed E-state index contributed by atoms with van der Waals surface area (Å²) in [6, 6.07) is 5.16. The van der Waals surface area contributed by atoms with Crippen molar-refractivity contribution in [3.05, 3.63) is 29.3 Å². The third-order valence-corrected chi connectivity index (χ3v) is 5.90. The van der Waals surface area contributed by atoms with E-state index in [0.717, 1.165) is 30.6 Å². The molecule has 31 heavy (non-hydrogen) atoms. The molecule has 0 saturated carbocycles. The van der Waals surface area contributed by atoms with Gasteiger partial charge in [-0.05, 0) is 75.1 Å². The lowest BCUT2D eigenvalue weighted by molar-refractivity contribution is -0.155. The molecule has 0 radical (unpaired) electrons. The number of carbonyl (C=O) groups excluding carboxylic acids is 4. The molecule has 1 saturated heterocycles. The number of esters is 1. The lowest BCUT2D eigenvalue weighted by Crippen LogP contribution is -2.44. The molecular weight excluding hydrogens is 398 g/mol. The van der Waals surface area contributed by atoms with Crippen molar-refractivity contribution < 1.29 is 23.9 Å².